The molecule has 0 aromatic heterocycles. The fourth-order valence-corrected chi connectivity index (χ4v) is 2.32. The highest BCUT2D eigenvalue weighted by atomic mass is 19.1. The van der Waals surface area contributed by atoms with E-state index in [4.69, 9.17) is 11.2 Å². The SMILES string of the molecule is C#Cc1cccc2cc(F)cc(OCc3ccccc3)c12. The first-order valence-corrected chi connectivity index (χ1v) is 6.63. The van der Waals surface area contributed by atoms with Crippen molar-refractivity contribution in [3.05, 3.63) is 77.6 Å². The molecule has 102 valence electrons. The molecule has 0 spiro atoms. The van der Waals surface area contributed by atoms with Gasteiger partial charge in [0.25, 0.3) is 0 Å². The third-order valence-electron chi connectivity index (χ3n) is 3.30. The lowest BCUT2D eigenvalue weighted by Crippen LogP contribution is -1.97. The molecule has 0 fully saturated rings. The lowest BCUT2D eigenvalue weighted by Gasteiger charge is -2.11. The Hall–Kier alpha value is -2.79. The molecule has 3 aromatic rings. The summed E-state index contributed by atoms with van der Waals surface area (Å²) in [4.78, 5) is 0. The van der Waals surface area contributed by atoms with E-state index in [0.29, 0.717) is 17.9 Å². The van der Waals surface area contributed by atoms with Crippen LogP contribution >= 0.6 is 0 Å². The lowest BCUT2D eigenvalue weighted by atomic mass is 10.0. The quantitative estimate of drug-likeness (QED) is 0.638. The van der Waals surface area contributed by atoms with Crippen molar-refractivity contribution in [2.24, 2.45) is 0 Å². The van der Waals surface area contributed by atoms with E-state index in [1.165, 1.54) is 12.1 Å². The third kappa shape index (κ3) is 2.73. The predicted molar refractivity (Wildman–Crippen MR) is 82.6 cm³/mol. The molecule has 2 heteroatoms. The van der Waals surface area contributed by atoms with Crippen LogP contribution in [0.3, 0.4) is 0 Å². The summed E-state index contributed by atoms with van der Waals surface area (Å²) in [6, 6.07) is 18.1. The Balaban J connectivity index is 2.03. The summed E-state index contributed by atoms with van der Waals surface area (Å²) in [6.07, 6.45) is 5.53. The van der Waals surface area contributed by atoms with E-state index >= 15 is 0 Å². The number of benzene rings is 3. The molecule has 0 atom stereocenters. The standard InChI is InChI=1S/C19H13FO/c1-2-15-9-6-10-16-11-17(20)12-18(19(15)16)21-13-14-7-4-3-5-8-14/h1,3-12H,13H2. The second-order valence-corrected chi connectivity index (χ2v) is 4.73. The zero-order valence-corrected chi connectivity index (χ0v) is 11.3. The molecule has 0 saturated carbocycles. The van der Waals surface area contributed by atoms with Crippen molar-refractivity contribution < 1.29 is 9.13 Å². The van der Waals surface area contributed by atoms with E-state index in [1.807, 2.05) is 48.5 Å². The van der Waals surface area contributed by atoms with E-state index in [0.717, 1.165) is 16.3 Å². The Labute approximate surface area is 123 Å². The number of hydrogen-bond acceptors (Lipinski definition) is 1. The molecule has 0 amide bonds. The van der Waals surface area contributed by atoms with E-state index in [-0.39, 0.29) is 5.82 Å². The van der Waals surface area contributed by atoms with Gasteiger partial charge in [0.2, 0.25) is 0 Å². The average molecular weight is 276 g/mol. The van der Waals surface area contributed by atoms with Gasteiger partial charge in [-0.05, 0) is 23.1 Å². The molecule has 0 saturated heterocycles. The van der Waals surface area contributed by atoms with Crippen molar-refractivity contribution in [1.29, 1.82) is 0 Å². The number of halogens is 1. The average Bonchev–Trinajstić information content (AvgIpc) is 2.52. The van der Waals surface area contributed by atoms with Crippen LogP contribution in [0.25, 0.3) is 10.8 Å². The third-order valence-corrected chi connectivity index (χ3v) is 3.30. The maximum atomic E-state index is 13.7. The topological polar surface area (TPSA) is 9.23 Å². The summed E-state index contributed by atoms with van der Waals surface area (Å²) in [5.41, 5.74) is 1.73. The highest BCUT2D eigenvalue weighted by Gasteiger charge is 2.09. The fraction of sp³-hybridized carbons (Fsp3) is 0.0526. The Morgan fingerprint density at radius 3 is 2.57 bits per heavy atom. The van der Waals surface area contributed by atoms with Crippen LogP contribution in [0.2, 0.25) is 0 Å². The monoisotopic (exact) mass is 276 g/mol. The molecule has 3 rings (SSSR count). The lowest BCUT2D eigenvalue weighted by molar-refractivity contribution is 0.308. The van der Waals surface area contributed by atoms with Gasteiger partial charge in [0.1, 0.15) is 18.2 Å². The summed E-state index contributed by atoms with van der Waals surface area (Å²) in [5, 5.41) is 1.52. The largest absolute Gasteiger partial charge is 0.488 e. The number of fused-ring (bicyclic) bond motifs is 1. The van der Waals surface area contributed by atoms with Gasteiger partial charge in [0, 0.05) is 17.0 Å². The molecule has 3 aromatic carbocycles. The molecule has 0 N–H and O–H groups in total. The molecule has 0 aliphatic carbocycles. The Kier molecular flexibility index (Phi) is 3.57. The second kappa shape index (κ2) is 5.68. The van der Waals surface area contributed by atoms with Crippen LogP contribution in [0.4, 0.5) is 4.39 Å². The highest BCUT2D eigenvalue weighted by molar-refractivity contribution is 5.93. The summed E-state index contributed by atoms with van der Waals surface area (Å²) in [7, 11) is 0. The van der Waals surface area contributed by atoms with E-state index < -0.39 is 0 Å². The zero-order valence-electron chi connectivity index (χ0n) is 11.3. The summed E-state index contributed by atoms with van der Waals surface area (Å²) >= 11 is 0. The van der Waals surface area contributed by atoms with Crippen LogP contribution < -0.4 is 4.74 Å². The second-order valence-electron chi connectivity index (χ2n) is 4.73. The molecule has 1 nitrogen and oxygen atoms in total. The van der Waals surface area contributed by atoms with Crippen molar-refractivity contribution in [3.8, 4) is 18.1 Å². The Morgan fingerprint density at radius 1 is 1.00 bits per heavy atom. The minimum atomic E-state index is -0.334. The van der Waals surface area contributed by atoms with Crippen LogP contribution in [0, 0.1) is 18.2 Å². The molecule has 0 aliphatic rings. The van der Waals surface area contributed by atoms with Crippen LogP contribution in [0.1, 0.15) is 11.1 Å². The van der Waals surface area contributed by atoms with E-state index in [9.17, 15) is 4.39 Å². The van der Waals surface area contributed by atoms with Crippen molar-refractivity contribution >= 4 is 10.8 Å². The number of ether oxygens (including phenoxy) is 1. The van der Waals surface area contributed by atoms with Gasteiger partial charge in [-0.1, -0.05) is 48.4 Å². The molecular weight excluding hydrogens is 263 g/mol. The maximum Gasteiger partial charge on any atom is 0.131 e. The minimum Gasteiger partial charge on any atom is -0.488 e. The Morgan fingerprint density at radius 2 is 1.81 bits per heavy atom. The normalized spacial score (nSPS) is 10.3. The molecule has 0 bridgehead atoms. The maximum absolute atomic E-state index is 13.7. The number of rotatable bonds is 3. The van der Waals surface area contributed by atoms with Gasteiger partial charge >= 0.3 is 0 Å². The molecule has 0 unspecified atom stereocenters. The van der Waals surface area contributed by atoms with Crippen LogP contribution in [-0.4, -0.2) is 0 Å². The molecular formula is C19H13FO. The highest BCUT2D eigenvalue weighted by Crippen LogP contribution is 2.30. The number of hydrogen-bond donors (Lipinski definition) is 0. The van der Waals surface area contributed by atoms with Crippen molar-refractivity contribution in [3.63, 3.8) is 0 Å². The first-order chi connectivity index (χ1) is 10.3. The van der Waals surface area contributed by atoms with E-state index in [2.05, 4.69) is 5.92 Å². The van der Waals surface area contributed by atoms with Crippen molar-refractivity contribution in [2.45, 2.75) is 6.61 Å². The molecule has 0 aliphatic heterocycles. The smallest absolute Gasteiger partial charge is 0.131 e. The van der Waals surface area contributed by atoms with Crippen LogP contribution in [-0.2, 0) is 6.61 Å². The first-order valence-electron chi connectivity index (χ1n) is 6.63. The van der Waals surface area contributed by atoms with Gasteiger partial charge < -0.3 is 4.74 Å². The summed E-state index contributed by atoms with van der Waals surface area (Å²) < 4.78 is 19.5. The fourth-order valence-electron chi connectivity index (χ4n) is 2.32. The molecule has 21 heavy (non-hydrogen) atoms. The first kappa shape index (κ1) is 13.2. The van der Waals surface area contributed by atoms with Gasteiger partial charge in [0.15, 0.2) is 0 Å². The van der Waals surface area contributed by atoms with E-state index in [1.54, 1.807) is 0 Å². The molecule has 0 radical (unpaired) electrons. The minimum absolute atomic E-state index is 0.334. The van der Waals surface area contributed by atoms with Gasteiger partial charge in [-0.2, -0.15) is 0 Å². The van der Waals surface area contributed by atoms with Gasteiger partial charge in [-0.3, -0.25) is 0 Å². The number of terminal acetylenes is 1. The molecule has 0 heterocycles. The van der Waals surface area contributed by atoms with Crippen LogP contribution in [0.15, 0.2) is 60.7 Å². The van der Waals surface area contributed by atoms with Gasteiger partial charge in [-0.15, -0.1) is 6.42 Å². The summed E-state index contributed by atoms with van der Waals surface area (Å²) in [5.74, 6) is 2.77. The van der Waals surface area contributed by atoms with Crippen molar-refractivity contribution in [1.82, 2.24) is 0 Å². The Bertz CT molecular complexity index is 816. The van der Waals surface area contributed by atoms with Crippen LogP contribution in [0.5, 0.6) is 5.75 Å². The van der Waals surface area contributed by atoms with Crippen molar-refractivity contribution in [2.75, 3.05) is 0 Å². The summed E-state index contributed by atoms with van der Waals surface area (Å²) in [6.45, 7) is 0.373. The predicted octanol–water partition coefficient (Wildman–Crippen LogP) is 4.54. The zero-order chi connectivity index (χ0) is 14.7. The van der Waals surface area contributed by atoms with Gasteiger partial charge in [-0.25, -0.2) is 4.39 Å². The van der Waals surface area contributed by atoms with Gasteiger partial charge in [0.05, 0.1) is 0 Å².